The quantitative estimate of drug-likeness (QED) is 0.748. The van der Waals surface area contributed by atoms with Crippen LogP contribution in [0.2, 0.25) is 10.0 Å². The molecule has 1 atom stereocenters. The van der Waals surface area contributed by atoms with Gasteiger partial charge in [-0.2, -0.15) is 0 Å². The standard InChI is InChI=1S/C19H17Cl2N3O4/c20-12-6-13(21)8-14(7-12)23-17(25)10-28-16-3-1-15(2-4-16)24-9-11(19(22)27)5-18(24)26/h1-4,6-8,11H,5,9-10H2,(H2,22,27)(H,23,25)/t11-/m1/s1. The van der Waals surface area contributed by atoms with Crippen LogP contribution < -0.4 is 20.7 Å². The molecule has 2 aromatic carbocycles. The van der Waals surface area contributed by atoms with Crippen molar-refractivity contribution in [2.24, 2.45) is 11.7 Å². The number of nitrogens with zero attached hydrogens (tertiary/aromatic N) is 1. The second-order valence-corrected chi connectivity index (χ2v) is 7.17. The van der Waals surface area contributed by atoms with Crippen LogP contribution in [0.1, 0.15) is 6.42 Å². The zero-order valence-corrected chi connectivity index (χ0v) is 16.2. The maximum atomic E-state index is 12.0. The van der Waals surface area contributed by atoms with Crippen molar-refractivity contribution in [2.45, 2.75) is 6.42 Å². The molecule has 3 rings (SSSR count). The van der Waals surface area contributed by atoms with Crippen LogP contribution in [-0.4, -0.2) is 30.9 Å². The number of nitrogens with two attached hydrogens (primary N) is 1. The third-order valence-corrected chi connectivity index (χ3v) is 4.63. The Bertz CT molecular complexity index is 898. The van der Waals surface area contributed by atoms with Gasteiger partial charge in [0.25, 0.3) is 5.91 Å². The van der Waals surface area contributed by atoms with Crippen LogP contribution in [0.25, 0.3) is 0 Å². The van der Waals surface area contributed by atoms with Gasteiger partial charge in [-0.25, -0.2) is 0 Å². The summed E-state index contributed by atoms with van der Waals surface area (Å²) in [6, 6.07) is 11.4. The Kier molecular flexibility index (Phi) is 6.06. The summed E-state index contributed by atoms with van der Waals surface area (Å²) in [7, 11) is 0. The second kappa shape index (κ2) is 8.50. The first kappa shape index (κ1) is 20.0. The van der Waals surface area contributed by atoms with Gasteiger partial charge in [0.05, 0.1) is 5.92 Å². The van der Waals surface area contributed by atoms with E-state index in [1.165, 1.54) is 4.90 Å². The predicted octanol–water partition coefficient (Wildman–Crippen LogP) is 2.85. The average Bonchev–Trinajstić information content (AvgIpc) is 3.02. The number of rotatable bonds is 6. The third-order valence-electron chi connectivity index (χ3n) is 4.19. The van der Waals surface area contributed by atoms with Gasteiger partial charge >= 0.3 is 0 Å². The molecule has 146 valence electrons. The fourth-order valence-electron chi connectivity index (χ4n) is 2.84. The molecule has 9 heteroatoms. The molecular formula is C19H17Cl2N3O4. The fraction of sp³-hybridized carbons (Fsp3) is 0.211. The molecule has 1 aliphatic heterocycles. The van der Waals surface area contributed by atoms with Gasteiger partial charge in [-0.1, -0.05) is 23.2 Å². The Morgan fingerprint density at radius 2 is 1.79 bits per heavy atom. The van der Waals surface area contributed by atoms with Crippen molar-refractivity contribution in [3.63, 3.8) is 0 Å². The number of amides is 3. The van der Waals surface area contributed by atoms with Crippen LogP contribution in [0.3, 0.4) is 0 Å². The topological polar surface area (TPSA) is 102 Å². The van der Waals surface area contributed by atoms with Crippen LogP contribution in [0, 0.1) is 5.92 Å². The highest BCUT2D eigenvalue weighted by Crippen LogP contribution is 2.27. The van der Waals surface area contributed by atoms with Gasteiger partial charge in [-0.05, 0) is 42.5 Å². The van der Waals surface area contributed by atoms with Crippen LogP contribution in [0.4, 0.5) is 11.4 Å². The van der Waals surface area contributed by atoms with Crippen molar-refractivity contribution in [1.82, 2.24) is 0 Å². The second-order valence-electron chi connectivity index (χ2n) is 6.30. The highest BCUT2D eigenvalue weighted by atomic mass is 35.5. The van der Waals surface area contributed by atoms with Crippen LogP contribution in [0.5, 0.6) is 5.75 Å². The van der Waals surface area contributed by atoms with Gasteiger partial charge in [0.1, 0.15) is 5.75 Å². The molecule has 1 saturated heterocycles. The molecule has 3 amide bonds. The summed E-state index contributed by atoms with van der Waals surface area (Å²) in [5.74, 6) is -1.03. The molecule has 0 aliphatic carbocycles. The Labute approximate surface area is 171 Å². The molecule has 0 spiro atoms. The van der Waals surface area contributed by atoms with E-state index >= 15 is 0 Å². The molecule has 0 radical (unpaired) electrons. The first-order valence-electron chi connectivity index (χ1n) is 8.40. The van der Waals surface area contributed by atoms with Crippen molar-refractivity contribution in [2.75, 3.05) is 23.4 Å². The number of ether oxygens (including phenoxy) is 1. The maximum Gasteiger partial charge on any atom is 0.262 e. The zero-order chi connectivity index (χ0) is 20.3. The number of carbonyl (C=O) groups is 3. The largest absolute Gasteiger partial charge is 0.484 e. The van der Waals surface area contributed by atoms with Crippen molar-refractivity contribution in [1.29, 1.82) is 0 Å². The summed E-state index contributed by atoms with van der Waals surface area (Å²) >= 11 is 11.8. The molecule has 2 aromatic rings. The summed E-state index contributed by atoms with van der Waals surface area (Å²) in [6.45, 7) is 0.0504. The maximum absolute atomic E-state index is 12.0. The molecule has 0 aromatic heterocycles. The lowest BCUT2D eigenvalue weighted by atomic mass is 10.1. The first-order chi connectivity index (χ1) is 13.3. The average molecular weight is 422 g/mol. The predicted molar refractivity (Wildman–Crippen MR) is 107 cm³/mol. The van der Waals surface area contributed by atoms with Gasteiger partial charge in [-0.15, -0.1) is 0 Å². The summed E-state index contributed by atoms with van der Waals surface area (Å²) < 4.78 is 5.45. The number of hydrogen-bond donors (Lipinski definition) is 2. The lowest BCUT2D eigenvalue weighted by Crippen LogP contribution is -2.28. The lowest BCUT2D eigenvalue weighted by molar-refractivity contribution is -0.123. The van der Waals surface area contributed by atoms with Crippen molar-refractivity contribution < 1.29 is 19.1 Å². The number of hydrogen-bond acceptors (Lipinski definition) is 4. The van der Waals surface area contributed by atoms with Gasteiger partial charge in [0.2, 0.25) is 11.8 Å². The van der Waals surface area contributed by atoms with Crippen molar-refractivity contribution >= 4 is 52.3 Å². The van der Waals surface area contributed by atoms with E-state index in [2.05, 4.69) is 5.32 Å². The molecule has 1 heterocycles. The summed E-state index contributed by atoms with van der Waals surface area (Å²) in [4.78, 5) is 36.8. The van der Waals surface area contributed by atoms with E-state index in [9.17, 15) is 14.4 Å². The van der Waals surface area contributed by atoms with E-state index in [0.29, 0.717) is 27.2 Å². The fourth-order valence-corrected chi connectivity index (χ4v) is 3.37. The molecular weight excluding hydrogens is 405 g/mol. The van der Waals surface area contributed by atoms with E-state index in [4.69, 9.17) is 33.7 Å². The Hall–Kier alpha value is -2.77. The molecule has 1 aliphatic rings. The molecule has 0 saturated carbocycles. The van der Waals surface area contributed by atoms with Crippen LogP contribution in [-0.2, 0) is 14.4 Å². The van der Waals surface area contributed by atoms with Gasteiger partial charge in [0.15, 0.2) is 6.61 Å². The number of anilines is 2. The molecule has 1 fully saturated rings. The summed E-state index contributed by atoms with van der Waals surface area (Å²) in [5, 5.41) is 3.46. The Balaban J connectivity index is 1.55. The molecule has 0 unspecified atom stereocenters. The van der Waals surface area contributed by atoms with Crippen molar-refractivity contribution in [3.8, 4) is 5.75 Å². The number of primary amides is 1. The highest BCUT2D eigenvalue weighted by Gasteiger charge is 2.33. The summed E-state index contributed by atoms with van der Waals surface area (Å²) in [5.41, 5.74) is 6.38. The molecule has 28 heavy (non-hydrogen) atoms. The minimum atomic E-state index is -0.484. The first-order valence-corrected chi connectivity index (χ1v) is 9.16. The van der Waals surface area contributed by atoms with Crippen LogP contribution in [0.15, 0.2) is 42.5 Å². The molecule has 7 nitrogen and oxygen atoms in total. The highest BCUT2D eigenvalue weighted by molar-refractivity contribution is 6.35. The third kappa shape index (κ3) is 4.94. The Morgan fingerprint density at radius 3 is 2.36 bits per heavy atom. The van der Waals surface area contributed by atoms with Crippen molar-refractivity contribution in [3.05, 3.63) is 52.5 Å². The number of nitrogens with one attached hydrogen (secondary N) is 1. The lowest BCUT2D eigenvalue weighted by Gasteiger charge is -2.16. The van der Waals surface area contributed by atoms with E-state index < -0.39 is 11.8 Å². The summed E-state index contributed by atoms with van der Waals surface area (Å²) in [6.07, 6.45) is 0.112. The van der Waals surface area contributed by atoms with E-state index in [-0.39, 0.29) is 31.4 Å². The zero-order valence-electron chi connectivity index (χ0n) is 14.7. The smallest absolute Gasteiger partial charge is 0.262 e. The van der Waals surface area contributed by atoms with E-state index in [0.717, 1.165) is 0 Å². The number of halogens is 2. The van der Waals surface area contributed by atoms with E-state index in [1.54, 1.807) is 42.5 Å². The number of carbonyl (C=O) groups excluding carboxylic acids is 3. The minimum Gasteiger partial charge on any atom is -0.484 e. The molecule has 0 bridgehead atoms. The van der Waals surface area contributed by atoms with Crippen LogP contribution >= 0.6 is 23.2 Å². The normalized spacial score (nSPS) is 16.1. The molecule has 3 N–H and O–H groups in total. The monoisotopic (exact) mass is 421 g/mol. The minimum absolute atomic E-state index is 0.112. The Morgan fingerprint density at radius 1 is 1.14 bits per heavy atom. The van der Waals surface area contributed by atoms with Gasteiger partial charge in [-0.3, -0.25) is 14.4 Å². The number of benzene rings is 2. The van der Waals surface area contributed by atoms with Gasteiger partial charge < -0.3 is 20.7 Å². The van der Waals surface area contributed by atoms with E-state index in [1.807, 2.05) is 0 Å². The SMILES string of the molecule is NC(=O)[C@@H]1CC(=O)N(c2ccc(OCC(=O)Nc3cc(Cl)cc(Cl)c3)cc2)C1. The van der Waals surface area contributed by atoms with Gasteiger partial charge in [0, 0.05) is 34.4 Å².